The third-order valence-corrected chi connectivity index (χ3v) is 10.4. The molecular weight excluding hydrogens is 744 g/mol. The molecule has 0 saturated heterocycles. The second kappa shape index (κ2) is 12.7. The highest BCUT2D eigenvalue weighted by Gasteiger charge is 2.22. The predicted molar refractivity (Wildman–Crippen MR) is 216 cm³/mol. The normalized spacial score (nSPS) is 12.2. The Morgan fingerprint density at radius 1 is 0.420 bits per heavy atom. The van der Waals surface area contributed by atoms with Crippen molar-refractivity contribution in [1.82, 2.24) is 19.9 Å². The molecule has 0 unspecified atom stereocenters. The van der Waals surface area contributed by atoms with E-state index < -0.39 is 0 Å². The summed E-state index contributed by atoms with van der Waals surface area (Å²) < 4.78 is 1.85. The Labute approximate surface area is 306 Å². The van der Waals surface area contributed by atoms with Crippen LogP contribution >= 0.6 is 31.9 Å². The van der Waals surface area contributed by atoms with Crippen molar-refractivity contribution in [3.63, 3.8) is 0 Å². The number of aromatic nitrogens is 4. The molecule has 5 heterocycles. The van der Waals surface area contributed by atoms with Gasteiger partial charge in [0.05, 0.1) is 28.3 Å². The first-order valence-electron chi connectivity index (χ1n) is 16.4. The third kappa shape index (κ3) is 5.38. The Morgan fingerprint density at radius 2 is 0.880 bits per heavy atom. The summed E-state index contributed by atoms with van der Waals surface area (Å²) in [6.45, 7) is 0. The van der Waals surface area contributed by atoms with E-state index in [2.05, 4.69) is 175 Å². The average molecular weight is 773 g/mol. The van der Waals surface area contributed by atoms with Crippen LogP contribution in [0, 0.1) is 0 Å². The smallest absolute Gasteiger partial charge is 0.0879 e. The van der Waals surface area contributed by atoms with E-state index in [4.69, 9.17) is 9.97 Å². The summed E-state index contributed by atoms with van der Waals surface area (Å²) in [7, 11) is 0. The van der Waals surface area contributed by atoms with Crippen molar-refractivity contribution in [3.05, 3.63) is 167 Å². The van der Waals surface area contributed by atoms with Gasteiger partial charge in [-0.1, -0.05) is 121 Å². The van der Waals surface area contributed by atoms with Crippen LogP contribution in [0.5, 0.6) is 0 Å². The minimum atomic E-state index is 0.853. The van der Waals surface area contributed by atoms with Gasteiger partial charge in [-0.15, -0.1) is 0 Å². The summed E-state index contributed by atoms with van der Waals surface area (Å²) in [6, 6.07) is 48.3. The molecule has 3 aromatic heterocycles. The molecule has 6 heteroatoms. The highest BCUT2D eigenvalue weighted by molar-refractivity contribution is 9.15. The molecule has 4 nitrogen and oxygen atoms in total. The SMILES string of the molecule is BrC1=Cc2nc1c(-c1ccccc1)c1ccc([nH]1)c(-c1ccccc1)c1nc(c(-c3ccccc3)c3cc(Br)c([nH]3)c2-c2ccccc2)C=C1. The van der Waals surface area contributed by atoms with Crippen LogP contribution < -0.4 is 0 Å². The number of H-pyrrole nitrogens is 2. The van der Waals surface area contributed by atoms with Crippen LogP contribution in [-0.2, 0) is 0 Å². The fourth-order valence-corrected chi connectivity index (χ4v) is 7.94. The van der Waals surface area contributed by atoms with Crippen molar-refractivity contribution in [2.45, 2.75) is 0 Å². The number of nitrogens with one attached hydrogen (secondary N) is 2. The van der Waals surface area contributed by atoms with Crippen LogP contribution in [0.15, 0.2) is 144 Å². The Balaban J connectivity index is 1.52. The summed E-state index contributed by atoms with van der Waals surface area (Å²) >= 11 is 7.92. The molecule has 0 aliphatic carbocycles. The van der Waals surface area contributed by atoms with Crippen LogP contribution in [0.2, 0.25) is 0 Å². The molecule has 4 aromatic carbocycles. The fourth-order valence-electron chi connectivity index (χ4n) is 6.91. The van der Waals surface area contributed by atoms with Crippen molar-refractivity contribution >= 4 is 76.6 Å². The Bertz CT molecular complexity index is 2640. The topological polar surface area (TPSA) is 57.4 Å². The van der Waals surface area contributed by atoms with Crippen LogP contribution in [0.3, 0.4) is 0 Å². The van der Waals surface area contributed by atoms with Gasteiger partial charge in [0, 0.05) is 47.8 Å². The molecule has 2 aliphatic rings. The zero-order valence-corrected chi connectivity index (χ0v) is 29.8. The lowest BCUT2D eigenvalue weighted by atomic mass is 10.0. The van der Waals surface area contributed by atoms with Crippen LogP contribution in [0.4, 0.5) is 0 Å². The monoisotopic (exact) mass is 770 g/mol. The second-order valence-electron chi connectivity index (χ2n) is 12.2. The lowest BCUT2D eigenvalue weighted by Crippen LogP contribution is -1.90. The summed E-state index contributed by atoms with van der Waals surface area (Å²) in [4.78, 5) is 18.4. The highest BCUT2D eigenvalue weighted by Crippen LogP contribution is 2.42. The molecule has 9 rings (SSSR count). The zero-order valence-electron chi connectivity index (χ0n) is 26.7. The van der Waals surface area contributed by atoms with Gasteiger partial charge in [0.25, 0.3) is 0 Å². The van der Waals surface area contributed by atoms with Crippen LogP contribution in [-0.4, -0.2) is 19.9 Å². The molecular formula is C44H28Br2N4. The molecule has 0 atom stereocenters. The van der Waals surface area contributed by atoms with Crippen molar-refractivity contribution in [2.75, 3.05) is 0 Å². The molecule has 8 bridgehead atoms. The summed E-state index contributed by atoms with van der Waals surface area (Å²) in [5, 5.41) is 0. The molecule has 0 spiro atoms. The maximum Gasteiger partial charge on any atom is 0.0879 e. The van der Waals surface area contributed by atoms with E-state index in [1.54, 1.807) is 0 Å². The van der Waals surface area contributed by atoms with Crippen LogP contribution in [0.25, 0.3) is 89.3 Å². The molecule has 50 heavy (non-hydrogen) atoms. The molecule has 2 aliphatic heterocycles. The third-order valence-electron chi connectivity index (χ3n) is 9.13. The number of rotatable bonds is 4. The van der Waals surface area contributed by atoms with Crippen LogP contribution in [0.1, 0.15) is 22.8 Å². The largest absolute Gasteiger partial charge is 0.354 e. The minimum absolute atomic E-state index is 0.853. The van der Waals surface area contributed by atoms with Crippen molar-refractivity contribution < 1.29 is 0 Å². The minimum Gasteiger partial charge on any atom is -0.354 e. The predicted octanol–water partition coefficient (Wildman–Crippen LogP) is 12.8. The molecule has 7 aromatic rings. The number of fused-ring (bicyclic) bond motifs is 8. The maximum absolute atomic E-state index is 5.42. The van der Waals surface area contributed by atoms with Gasteiger partial charge >= 0.3 is 0 Å². The number of halogens is 2. The van der Waals surface area contributed by atoms with Gasteiger partial charge in [0.15, 0.2) is 0 Å². The lowest BCUT2D eigenvalue weighted by Gasteiger charge is -2.07. The Morgan fingerprint density at radius 3 is 1.42 bits per heavy atom. The lowest BCUT2D eigenvalue weighted by molar-refractivity contribution is 1.31. The van der Waals surface area contributed by atoms with Gasteiger partial charge in [0.1, 0.15) is 0 Å². The zero-order chi connectivity index (χ0) is 33.6. The van der Waals surface area contributed by atoms with E-state index in [9.17, 15) is 0 Å². The van der Waals surface area contributed by atoms with E-state index in [-0.39, 0.29) is 0 Å². The highest BCUT2D eigenvalue weighted by atomic mass is 79.9. The maximum atomic E-state index is 5.42. The van der Waals surface area contributed by atoms with E-state index in [0.29, 0.717) is 0 Å². The second-order valence-corrected chi connectivity index (χ2v) is 13.9. The number of benzene rings is 4. The standard InChI is InChI=1S/C44H28Br2N4/c45-31-25-37-40(28-15-7-2-8-16-28)35-22-21-33(47-35)39(27-13-5-1-6-14-27)34-23-24-36(48-34)41(29-17-9-3-10-18-29)43-32(46)26-38(50-43)42(44(31)49-37)30-19-11-4-12-20-30/h1-26,48-49H. The van der Waals surface area contributed by atoms with Crippen molar-refractivity contribution in [1.29, 1.82) is 0 Å². The Kier molecular flexibility index (Phi) is 7.76. The number of hydrogen-bond acceptors (Lipinski definition) is 2. The first kappa shape index (κ1) is 30.5. The van der Waals surface area contributed by atoms with Gasteiger partial charge in [-0.25, -0.2) is 9.97 Å². The van der Waals surface area contributed by atoms with Gasteiger partial charge in [0.2, 0.25) is 0 Å². The fraction of sp³-hybridized carbons (Fsp3) is 0. The molecule has 238 valence electrons. The quantitative estimate of drug-likeness (QED) is 0.187. The van der Waals surface area contributed by atoms with Crippen molar-refractivity contribution in [3.8, 4) is 44.5 Å². The average Bonchev–Trinajstić information content (AvgIpc) is 3.97. The van der Waals surface area contributed by atoms with Gasteiger partial charge in [-0.2, -0.15) is 0 Å². The summed E-state index contributed by atoms with van der Waals surface area (Å²) in [5.74, 6) is 0. The molecule has 0 saturated carbocycles. The van der Waals surface area contributed by atoms with Gasteiger partial charge < -0.3 is 9.97 Å². The molecule has 0 radical (unpaired) electrons. The van der Waals surface area contributed by atoms with E-state index >= 15 is 0 Å². The summed E-state index contributed by atoms with van der Waals surface area (Å²) in [5.41, 5.74) is 15.6. The van der Waals surface area contributed by atoms with E-state index in [0.717, 1.165) is 98.3 Å². The molecule has 2 N–H and O–H groups in total. The Hall–Kier alpha value is -5.56. The van der Waals surface area contributed by atoms with E-state index in [1.165, 1.54) is 0 Å². The number of nitrogens with zero attached hydrogens (tertiary/aromatic N) is 2. The van der Waals surface area contributed by atoms with Gasteiger partial charge in [-0.05, 0) is 90.5 Å². The molecule has 0 amide bonds. The molecule has 0 fully saturated rings. The van der Waals surface area contributed by atoms with E-state index in [1.807, 2.05) is 24.3 Å². The number of aromatic amines is 2. The number of hydrogen-bond donors (Lipinski definition) is 2. The summed E-state index contributed by atoms with van der Waals surface area (Å²) in [6.07, 6.45) is 6.38. The first-order chi connectivity index (χ1) is 24.6. The van der Waals surface area contributed by atoms with Gasteiger partial charge in [-0.3, -0.25) is 0 Å². The van der Waals surface area contributed by atoms with Crippen molar-refractivity contribution in [2.24, 2.45) is 0 Å². The first-order valence-corrected chi connectivity index (χ1v) is 18.0.